The zero-order chi connectivity index (χ0) is 20.6. The average molecular weight is 398 g/mol. The number of fused-ring (bicyclic) bond motifs is 1. The number of nitrogens with zero attached hydrogens (tertiary/aromatic N) is 2. The molecule has 0 saturated carbocycles. The fourth-order valence-corrected chi connectivity index (χ4v) is 3.29. The molecule has 1 unspecified atom stereocenters. The predicted octanol–water partition coefficient (Wildman–Crippen LogP) is 3.39. The first kappa shape index (κ1) is 19.9. The first-order chi connectivity index (χ1) is 13.1. The predicted molar refractivity (Wildman–Crippen MR) is 92.8 cm³/mol. The lowest BCUT2D eigenvalue weighted by Crippen LogP contribution is -2.49. The summed E-state index contributed by atoms with van der Waals surface area (Å²) in [6, 6.07) is 5.22. The molecule has 28 heavy (non-hydrogen) atoms. The lowest BCUT2D eigenvalue weighted by molar-refractivity contribution is -0.137. The summed E-state index contributed by atoms with van der Waals surface area (Å²) in [4.78, 5) is 26.5. The summed E-state index contributed by atoms with van der Waals surface area (Å²) in [6.45, 7) is 0.707. The summed E-state index contributed by atoms with van der Waals surface area (Å²) in [5.74, 6) is -0.285. The Labute approximate surface area is 158 Å². The number of methoxy groups -OCH3 is 1. The largest absolute Gasteiger partial charge is 0.496 e. The van der Waals surface area contributed by atoms with E-state index in [2.05, 4.69) is 0 Å². The monoisotopic (exact) mass is 398 g/mol. The minimum atomic E-state index is -4.62. The third-order valence-corrected chi connectivity index (χ3v) is 4.68. The minimum absolute atomic E-state index is 0.0974. The van der Waals surface area contributed by atoms with Gasteiger partial charge in [-0.05, 0) is 30.2 Å². The van der Waals surface area contributed by atoms with Gasteiger partial charge in [-0.3, -0.25) is 9.59 Å². The maximum Gasteiger partial charge on any atom is 0.416 e. The topological polar surface area (TPSA) is 51.5 Å². The number of ether oxygens (including phenoxy) is 1. The van der Waals surface area contributed by atoms with Crippen molar-refractivity contribution in [2.24, 2.45) is 0 Å². The maximum atomic E-state index is 13.1. The van der Waals surface area contributed by atoms with Gasteiger partial charge in [0.2, 0.25) is 0 Å². The van der Waals surface area contributed by atoms with E-state index in [0.29, 0.717) is 0 Å². The highest BCUT2D eigenvalue weighted by atomic mass is 19.4. The molecule has 0 spiro atoms. The van der Waals surface area contributed by atoms with Gasteiger partial charge in [0.05, 0.1) is 12.7 Å². The van der Waals surface area contributed by atoms with E-state index in [1.165, 1.54) is 34.8 Å². The number of halogens is 4. The molecular weight excluding hydrogens is 380 g/mol. The van der Waals surface area contributed by atoms with Crippen LogP contribution in [0.25, 0.3) is 0 Å². The molecule has 0 radical (unpaired) electrons. The molecule has 5 nitrogen and oxygen atoms in total. The first-order valence-electron chi connectivity index (χ1n) is 8.50. The van der Waals surface area contributed by atoms with Crippen LogP contribution in [0.5, 0.6) is 5.75 Å². The van der Waals surface area contributed by atoms with Crippen molar-refractivity contribution in [2.75, 3.05) is 7.11 Å². The van der Waals surface area contributed by atoms with Gasteiger partial charge in [-0.1, -0.05) is 6.07 Å². The second-order valence-electron chi connectivity index (χ2n) is 6.68. The van der Waals surface area contributed by atoms with Crippen molar-refractivity contribution in [3.63, 3.8) is 0 Å². The number of hydrogen-bond donors (Lipinski definition) is 0. The molecule has 0 fully saturated rings. The second kappa shape index (κ2) is 7.29. The van der Waals surface area contributed by atoms with Gasteiger partial charge in [0.1, 0.15) is 18.1 Å². The normalized spacial score (nSPS) is 16.9. The molecule has 0 saturated heterocycles. The summed E-state index contributed by atoms with van der Waals surface area (Å²) >= 11 is 0. The number of amides is 1. The van der Waals surface area contributed by atoms with Crippen LogP contribution in [0.15, 0.2) is 35.1 Å². The number of pyridine rings is 1. The van der Waals surface area contributed by atoms with Crippen LogP contribution in [0.1, 0.15) is 34.1 Å². The van der Waals surface area contributed by atoms with Gasteiger partial charge >= 0.3 is 6.18 Å². The van der Waals surface area contributed by atoms with Gasteiger partial charge in [0.15, 0.2) is 0 Å². The fourth-order valence-electron chi connectivity index (χ4n) is 3.29. The number of carbonyl (C=O) groups excluding carboxylic acids is 1. The maximum absolute atomic E-state index is 13.1. The quantitative estimate of drug-likeness (QED) is 0.742. The van der Waals surface area contributed by atoms with Gasteiger partial charge in [-0.2, -0.15) is 13.2 Å². The lowest BCUT2D eigenvalue weighted by atomic mass is 10.0. The van der Waals surface area contributed by atoms with Gasteiger partial charge in [-0.25, -0.2) is 4.39 Å². The Morgan fingerprint density at radius 2 is 1.79 bits per heavy atom. The molecule has 1 amide bonds. The Morgan fingerprint density at radius 1 is 1.11 bits per heavy atom. The number of rotatable bonds is 4. The van der Waals surface area contributed by atoms with Crippen LogP contribution in [0.4, 0.5) is 17.6 Å². The van der Waals surface area contributed by atoms with Crippen molar-refractivity contribution in [3.8, 4) is 5.75 Å². The number of benzene rings is 1. The van der Waals surface area contributed by atoms with Crippen molar-refractivity contribution in [1.82, 2.24) is 9.47 Å². The fraction of sp³-hybridized carbons (Fsp3) is 0.368. The number of carbonyl (C=O) groups is 1. The van der Waals surface area contributed by atoms with E-state index in [9.17, 15) is 27.2 Å². The first-order valence-corrected chi connectivity index (χ1v) is 8.50. The highest BCUT2D eigenvalue weighted by molar-refractivity contribution is 5.93. The standard InChI is InChI=1S/C19H18F4N2O3/c1-11-9-25-16(6-15(28-2)7-17(25)26)18(27)24(11)10-13-3-12(8-20)4-14(5-13)19(21,22)23/h3-7,11H,8-10H2,1-2H3. The molecule has 150 valence electrons. The van der Waals surface area contributed by atoms with Crippen molar-refractivity contribution >= 4 is 5.91 Å². The van der Waals surface area contributed by atoms with E-state index < -0.39 is 35.9 Å². The van der Waals surface area contributed by atoms with E-state index in [0.717, 1.165) is 12.1 Å². The summed E-state index contributed by atoms with van der Waals surface area (Å²) in [6.07, 6.45) is -4.62. The zero-order valence-corrected chi connectivity index (χ0v) is 15.2. The smallest absolute Gasteiger partial charge is 0.416 e. The Bertz CT molecular complexity index is 969. The molecule has 1 aromatic heterocycles. The molecule has 0 bridgehead atoms. The van der Waals surface area contributed by atoms with Crippen LogP contribution in [-0.4, -0.2) is 28.5 Å². The highest BCUT2D eigenvalue weighted by Gasteiger charge is 2.33. The van der Waals surface area contributed by atoms with Crippen LogP contribution in [-0.2, 0) is 25.9 Å². The lowest BCUT2D eigenvalue weighted by Gasteiger charge is -2.35. The van der Waals surface area contributed by atoms with Crippen molar-refractivity contribution in [2.45, 2.75) is 38.9 Å². The van der Waals surface area contributed by atoms with Gasteiger partial charge < -0.3 is 14.2 Å². The third-order valence-electron chi connectivity index (χ3n) is 4.68. The second-order valence-corrected chi connectivity index (χ2v) is 6.68. The molecule has 1 atom stereocenters. The van der Waals surface area contributed by atoms with Gasteiger partial charge in [0.25, 0.3) is 11.5 Å². The van der Waals surface area contributed by atoms with E-state index in [4.69, 9.17) is 4.74 Å². The van der Waals surface area contributed by atoms with Crippen LogP contribution in [0.2, 0.25) is 0 Å². The molecule has 2 aromatic rings. The van der Waals surface area contributed by atoms with Crippen LogP contribution < -0.4 is 10.3 Å². The Balaban J connectivity index is 1.98. The number of hydrogen-bond acceptors (Lipinski definition) is 3. The molecular formula is C19H18F4N2O3. The summed E-state index contributed by atoms with van der Waals surface area (Å²) in [5, 5.41) is 0. The summed E-state index contributed by atoms with van der Waals surface area (Å²) in [5.41, 5.74) is -1.21. The number of alkyl halides is 4. The van der Waals surface area contributed by atoms with Crippen LogP contribution >= 0.6 is 0 Å². The molecule has 2 heterocycles. The average Bonchev–Trinajstić information content (AvgIpc) is 2.64. The number of aromatic nitrogens is 1. The van der Waals surface area contributed by atoms with Gasteiger partial charge in [-0.15, -0.1) is 0 Å². The Hall–Kier alpha value is -2.84. The molecule has 3 rings (SSSR count). The third kappa shape index (κ3) is 3.74. The zero-order valence-electron chi connectivity index (χ0n) is 15.2. The Morgan fingerprint density at radius 3 is 2.39 bits per heavy atom. The van der Waals surface area contributed by atoms with Crippen molar-refractivity contribution in [1.29, 1.82) is 0 Å². The molecule has 1 aliphatic heterocycles. The Kier molecular flexibility index (Phi) is 5.18. The highest BCUT2D eigenvalue weighted by Crippen LogP contribution is 2.32. The van der Waals surface area contributed by atoms with E-state index in [-0.39, 0.29) is 35.7 Å². The van der Waals surface area contributed by atoms with E-state index >= 15 is 0 Å². The molecule has 9 heteroatoms. The van der Waals surface area contributed by atoms with Crippen LogP contribution in [0, 0.1) is 0 Å². The molecule has 0 N–H and O–H groups in total. The van der Waals surface area contributed by atoms with Crippen molar-refractivity contribution < 1.29 is 27.1 Å². The van der Waals surface area contributed by atoms with E-state index in [1.807, 2.05) is 0 Å². The molecule has 0 aliphatic carbocycles. The van der Waals surface area contributed by atoms with Crippen LogP contribution in [0.3, 0.4) is 0 Å². The molecule has 1 aliphatic rings. The SMILES string of the molecule is COc1cc2n(c(=O)c1)CC(C)N(Cc1cc(CF)cc(C(F)(F)F)c1)C2=O. The summed E-state index contributed by atoms with van der Waals surface area (Å²) in [7, 11) is 1.36. The van der Waals surface area contributed by atoms with E-state index in [1.54, 1.807) is 6.92 Å². The van der Waals surface area contributed by atoms with Crippen molar-refractivity contribution in [3.05, 3.63) is 63.1 Å². The molecule has 1 aromatic carbocycles. The van der Waals surface area contributed by atoms with Gasteiger partial charge in [0, 0.05) is 31.3 Å². The minimum Gasteiger partial charge on any atom is -0.496 e. The summed E-state index contributed by atoms with van der Waals surface area (Å²) < 4.78 is 58.6.